The number of hydrazine groups is 1. The summed E-state index contributed by atoms with van der Waals surface area (Å²) in [5.74, 6) is 2.43. The van der Waals surface area contributed by atoms with E-state index < -0.39 is 0 Å². The number of carbonyl (C=O) groups excluding carboxylic acids is 1. The van der Waals surface area contributed by atoms with Gasteiger partial charge in [-0.1, -0.05) is 18.6 Å². The molecule has 6 heteroatoms. The Kier molecular flexibility index (Phi) is 4.19. The molecule has 3 unspecified atom stereocenters. The minimum Gasteiger partial charge on any atom is -0.277 e. The zero-order valence-corrected chi connectivity index (χ0v) is 14.5. The van der Waals surface area contributed by atoms with Crippen molar-refractivity contribution in [2.24, 2.45) is 17.8 Å². The second-order valence-electron chi connectivity index (χ2n) is 7.31. The van der Waals surface area contributed by atoms with E-state index in [1.54, 1.807) is 16.7 Å². The molecule has 3 atom stereocenters. The predicted octanol–water partition coefficient (Wildman–Crippen LogP) is 2.69. The largest absolute Gasteiger partial charge is 0.277 e. The molecule has 4 rings (SSSR count). The number of rotatable bonds is 5. The third kappa shape index (κ3) is 3.01. The molecule has 2 aromatic rings. The Morgan fingerprint density at radius 3 is 2.84 bits per heavy atom. The molecule has 0 radical (unpaired) electrons. The lowest BCUT2D eigenvalue weighted by molar-refractivity contribution is -0.121. The molecule has 2 N–H and O–H groups in total. The highest BCUT2D eigenvalue weighted by atomic mass is 16.2. The normalized spacial score (nSPS) is 24.6. The Morgan fingerprint density at radius 2 is 2.12 bits per heavy atom. The van der Waals surface area contributed by atoms with Crippen LogP contribution in [0.15, 0.2) is 29.1 Å². The standard InChI is InChI=1S/C19H24N4O2/c1-2-23-18(25)15-5-3-4-6-16(15)20-19(23)22-21-17(24)11-14-10-12-7-8-13(14)9-12/h3-6,12-14H,2,7-11H2,1H3,(H,20,22)(H,21,24). The first kappa shape index (κ1) is 16.1. The van der Waals surface area contributed by atoms with E-state index in [9.17, 15) is 9.59 Å². The maximum atomic E-state index is 12.6. The second-order valence-corrected chi connectivity index (χ2v) is 7.31. The summed E-state index contributed by atoms with van der Waals surface area (Å²) in [7, 11) is 0. The molecule has 1 aromatic heterocycles. The molecule has 2 aliphatic carbocycles. The van der Waals surface area contributed by atoms with Gasteiger partial charge in [0.1, 0.15) is 0 Å². The number of benzene rings is 1. The number of nitrogens with one attached hydrogen (secondary N) is 2. The van der Waals surface area contributed by atoms with Gasteiger partial charge in [-0.25, -0.2) is 4.98 Å². The molecule has 0 aliphatic heterocycles. The van der Waals surface area contributed by atoms with Crippen LogP contribution in [-0.4, -0.2) is 15.5 Å². The SMILES string of the molecule is CCn1c(NNC(=O)CC2CC3CCC2C3)nc2ccccc2c1=O. The lowest BCUT2D eigenvalue weighted by Gasteiger charge is -2.21. The van der Waals surface area contributed by atoms with Crippen molar-refractivity contribution < 1.29 is 4.79 Å². The van der Waals surface area contributed by atoms with E-state index in [1.807, 2.05) is 19.1 Å². The van der Waals surface area contributed by atoms with E-state index in [0.29, 0.717) is 35.7 Å². The van der Waals surface area contributed by atoms with E-state index in [1.165, 1.54) is 25.7 Å². The fourth-order valence-corrected chi connectivity index (χ4v) is 4.60. The number of carbonyl (C=O) groups is 1. The van der Waals surface area contributed by atoms with Crippen LogP contribution in [0.2, 0.25) is 0 Å². The number of fused-ring (bicyclic) bond motifs is 3. The Labute approximate surface area is 146 Å². The van der Waals surface area contributed by atoms with Crippen LogP contribution in [0.5, 0.6) is 0 Å². The number of anilines is 1. The number of para-hydroxylation sites is 1. The summed E-state index contributed by atoms with van der Waals surface area (Å²) in [4.78, 5) is 29.4. The molecule has 2 saturated carbocycles. The maximum absolute atomic E-state index is 12.6. The molecule has 2 bridgehead atoms. The molecule has 1 aromatic carbocycles. The van der Waals surface area contributed by atoms with Crippen LogP contribution in [0.25, 0.3) is 10.9 Å². The van der Waals surface area contributed by atoms with Gasteiger partial charge in [0.25, 0.3) is 5.56 Å². The van der Waals surface area contributed by atoms with Crippen molar-refractivity contribution in [1.29, 1.82) is 0 Å². The number of hydrogen-bond acceptors (Lipinski definition) is 4. The fraction of sp³-hybridized carbons (Fsp3) is 0.526. The second kappa shape index (κ2) is 6.50. The summed E-state index contributed by atoms with van der Waals surface area (Å²) < 4.78 is 1.54. The van der Waals surface area contributed by atoms with Crippen molar-refractivity contribution in [3.05, 3.63) is 34.6 Å². The van der Waals surface area contributed by atoms with Crippen molar-refractivity contribution in [1.82, 2.24) is 15.0 Å². The predicted molar refractivity (Wildman–Crippen MR) is 97.0 cm³/mol. The van der Waals surface area contributed by atoms with Gasteiger partial charge in [0.15, 0.2) is 0 Å². The molecular weight excluding hydrogens is 316 g/mol. The van der Waals surface area contributed by atoms with Crippen molar-refractivity contribution >= 4 is 22.8 Å². The highest BCUT2D eigenvalue weighted by molar-refractivity contribution is 5.80. The van der Waals surface area contributed by atoms with E-state index >= 15 is 0 Å². The third-order valence-corrected chi connectivity index (χ3v) is 5.82. The van der Waals surface area contributed by atoms with Crippen molar-refractivity contribution in [3.8, 4) is 0 Å². The lowest BCUT2D eigenvalue weighted by atomic mass is 9.86. The molecule has 0 spiro atoms. The number of nitrogens with zero attached hydrogens (tertiary/aromatic N) is 2. The lowest BCUT2D eigenvalue weighted by Crippen LogP contribution is -2.35. The zero-order chi connectivity index (χ0) is 17.4. The molecule has 2 fully saturated rings. The monoisotopic (exact) mass is 340 g/mol. The quantitative estimate of drug-likeness (QED) is 0.821. The van der Waals surface area contributed by atoms with Gasteiger partial charge in [-0.05, 0) is 56.1 Å². The molecular formula is C19H24N4O2. The van der Waals surface area contributed by atoms with E-state index in [-0.39, 0.29) is 11.5 Å². The van der Waals surface area contributed by atoms with Crippen molar-refractivity contribution in [3.63, 3.8) is 0 Å². The minimum absolute atomic E-state index is 0.0254. The topological polar surface area (TPSA) is 76.0 Å². The smallest absolute Gasteiger partial charge is 0.262 e. The summed E-state index contributed by atoms with van der Waals surface area (Å²) in [6.45, 7) is 2.38. The molecule has 6 nitrogen and oxygen atoms in total. The van der Waals surface area contributed by atoms with Crippen LogP contribution in [-0.2, 0) is 11.3 Å². The molecule has 1 amide bonds. The molecule has 1 heterocycles. The van der Waals surface area contributed by atoms with Gasteiger partial charge < -0.3 is 0 Å². The van der Waals surface area contributed by atoms with Gasteiger partial charge in [-0.3, -0.25) is 25.0 Å². The van der Waals surface area contributed by atoms with Gasteiger partial charge in [0, 0.05) is 13.0 Å². The average Bonchev–Trinajstić information content (AvgIpc) is 3.23. The van der Waals surface area contributed by atoms with E-state index in [0.717, 1.165) is 11.8 Å². The summed E-state index contributed by atoms with van der Waals surface area (Å²) >= 11 is 0. The maximum Gasteiger partial charge on any atom is 0.262 e. The molecule has 132 valence electrons. The molecule has 2 aliphatic rings. The average molecular weight is 340 g/mol. The van der Waals surface area contributed by atoms with Crippen LogP contribution in [0.4, 0.5) is 5.95 Å². The van der Waals surface area contributed by atoms with Crippen LogP contribution >= 0.6 is 0 Å². The Morgan fingerprint density at radius 1 is 1.28 bits per heavy atom. The Balaban J connectivity index is 1.47. The van der Waals surface area contributed by atoms with Crippen molar-refractivity contribution in [2.45, 2.75) is 45.6 Å². The first-order valence-electron chi connectivity index (χ1n) is 9.20. The number of hydrogen-bond donors (Lipinski definition) is 2. The summed E-state index contributed by atoms with van der Waals surface area (Å²) in [6, 6.07) is 7.26. The molecule has 0 saturated heterocycles. The first-order valence-corrected chi connectivity index (χ1v) is 9.20. The minimum atomic E-state index is -0.0991. The summed E-state index contributed by atoms with van der Waals surface area (Å²) in [5, 5.41) is 0.586. The van der Waals surface area contributed by atoms with Crippen LogP contribution in [0.1, 0.15) is 39.0 Å². The van der Waals surface area contributed by atoms with Gasteiger partial charge in [-0.2, -0.15) is 0 Å². The third-order valence-electron chi connectivity index (χ3n) is 5.82. The van der Waals surface area contributed by atoms with Gasteiger partial charge in [0.05, 0.1) is 10.9 Å². The van der Waals surface area contributed by atoms with Crippen molar-refractivity contribution in [2.75, 3.05) is 5.43 Å². The molecule has 25 heavy (non-hydrogen) atoms. The number of aromatic nitrogens is 2. The highest BCUT2D eigenvalue weighted by Gasteiger charge is 2.40. The van der Waals surface area contributed by atoms with Crippen LogP contribution < -0.4 is 16.4 Å². The highest BCUT2D eigenvalue weighted by Crippen LogP contribution is 2.49. The summed E-state index contributed by atoms with van der Waals surface area (Å²) in [6.07, 6.45) is 5.65. The Hall–Kier alpha value is -2.37. The van der Waals surface area contributed by atoms with E-state index in [4.69, 9.17) is 0 Å². The van der Waals surface area contributed by atoms with Crippen LogP contribution in [0, 0.1) is 17.8 Å². The van der Waals surface area contributed by atoms with Gasteiger partial charge in [0.2, 0.25) is 11.9 Å². The van der Waals surface area contributed by atoms with Gasteiger partial charge in [-0.15, -0.1) is 0 Å². The Bertz CT molecular complexity index is 860. The van der Waals surface area contributed by atoms with E-state index in [2.05, 4.69) is 15.8 Å². The zero-order valence-electron chi connectivity index (χ0n) is 14.5. The van der Waals surface area contributed by atoms with Crippen LogP contribution in [0.3, 0.4) is 0 Å². The first-order chi connectivity index (χ1) is 12.2. The van der Waals surface area contributed by atoms with Gasteiger partial charge >= 0.3 is 0 Å². The number of amides is 1. The summed E-state index contributed by atoms with van der Waals surface area (Å²) in [5.41, 5.74) is 6.14. The fourth-order valence-electron chi connectivity index (χ4n) is 4.60.